The van der Waals surface area contributed by atoms with Gasteiger partial charge >= 0.3 is 6.36 Å². The molecule has 3 rings (SSSR count). The molecular weight excluding hydrogens is 368 g/mol. The fourth-order valence-corrected chi connectivity index (χ4v) is 5.34. The van der Waals surface area contributed by atoms with Crippen LogP contribution in [0.3, 0.4) is 0 Å². The quantitative estimate of drug-likeness (QED) is 0.440. The van der Waals surface area contributed by atoms with Crippen LogP contribution in [0.15, 0.2) is 18.2 Å². The summed E-state index contributed by atoms with van der Waals surface area (Å²) in [7, 11) is 0. The number of alkyl halides is 3. The summed E-state index contributed by atoms with van der Waals surface area (Å²) in [6.45, 7) is 2.26. The van der Waals surface area contributed by atoms with Crippen molar-refractivity contribution in [3.63, 3.8) is 0 Å². The van der Waals surface area contributed by atoms with Crippen molar-refractivity contribution in [3.8, 4) is 5.75 Å². The van der Waals surface area contributed by atoms with Gasteiger partial charge in [-0.15, -0.1) is 13.2 Å². The number of rotatable bonds is 6. The van der Waals surface area contributed by atoms with Crippen molar-refractivity contribution in [2.45, 2.75) is 89.8 Å². The lowest BCUT2D eigenvalue weighted by Crippen LogP contribution is -2.25. The molecule has 1 aromatic rings. The maximum Gasteiger partial charge on any atom is 0.573 e. The van der Waals surface area contributed by atoms with E-state index in [9.17, 15) is 17.6 Å². The lowest BCUT2D eigenvalue weighted by molar-refractivity contribution is -0.275. The minimum Gasteiger partial charge on any atom is -0.403 e. The first-order valence-electron chi connectivity index (χ1n) is 10.9. The molecule has 2 aliphatic carbocycles. The Hall–Kier alpha value is -1.26. The molecule has 1 nitrogen and oxygen atoms in total. The van der Waals surface area contributed by atoms with Gasteiger partial charge in [-0.3, -0.25) is 0 Å². The SMILES string of the molecule is CCCCC1CCC(C2CCC(c3ccc(OC(F)(F)F)c(F)c3)CC2)CC1. The summed E-state index contributed by atoms with van der Waals surface area (Å²) in [6, 6.07) is 3.93. The van der Waals surface area contributed by atoms with Crippen LogP contribution in [0.4, 0.5) is 17.6 Å². The van der Waals surface area contributed by atoms with Crippen LogP contribution in [0.2, 0.25) is 0 Å². The predicted molar refractivity (Wildman–Crippen MR) is 103 cm³/mol. The molecule has 0 aromatic heterocycles. The van der Waals surface area contributed by atoms with Crippen molar-refractivity contribution in [3.05, 3.63) is 29.6 Å². The normalized spacial score (nSPS) is 28.9. The van der Waals surface area contributed by atoms with E-state index < -0.39 is 17.9 Å². The van der Waals surface area contributed by atoms with Gasteiger partial charge in [-0.25, -0.2) is 4.39 Å². The van der Waals surface area contributed by atoms with E-state index in [1.54, 1.807) is 6.07 Å². The zero-order valence-electron chi connectivity index (χ0n) is 16.7. The van der Waals surface area contributed by atoms with E-state index >= 15 is 0 Å². The summed E-state index contributed by atoms with van der Waals surface area (Å²) in [5.74, 6) is 1.09. The van der Waals surface area contributed by atoms with Crippen LogP contribution >= 0.6 is 0 Å². The van der Waals surface area contributed by atoms with E-state index in [2.05, 4.69) is 11.7 Å². The molecule has 2 saturated carbocycles. The molecular formula is C23H32F4O. The van der Waals surface area contributed by atoms with Crippen LogP contribution < -0.4 is 4.74 Å². The summed E-state index contributed by atoms with van der Waals surface area (Å²) < 4.78 is 54.6. The monoisotopic (exact) mass is 400 g/mol. The summed E-state index contributed by atoms with van der Waals surface area (Å²) >= 11 is 0. The number of benzene rings is 1. The second-order valence-corrected chi connectivity index (χ2v) is 8.77. The molecule has 1 aromatic carbocycles. The van der Waals surface area contributed by atoms with Crippen molar-refractivity contribution in [1.29, 1.82) is 0 Å². The van der Waals surface area contributed by atoms with Gasteiger partial charge in [0.05, 0.1) is 0 Å². The van der Waals surface area contributed by atoms with E-state index in [4.69, 9.17) is 0 Å². The molecule has 28 heavy (non-hydrogen) atoms. The highest BCUT2D eigenvalue weighted by atomic mass is 19.4. The summed E-state index contributed by atoms with van der Waals surface area (Å²) in [5.41, 5.74) is 0.800. The van der Waals surface area contributed by atoms with Crippen molar-refractivity contribution < 1.29 is 22.3 Å². The number of ether oxygens (including phenoxy) is 1. The molecule has 0 heterocycles. The topological polar surface area (TPSA) is 9.23 Å². The van der Waals surface area contributed by atoms with Crippen LogP contribution in [-0.4, -0.2) is 6.36 Å². The molecule has 0 bridgehead atoms. The van der Waals surface area contributed by atoms with Gasteiger partial charge in [0.1, 0.15) is 0 Å². The first kappa shape index (κ1) is 21.4. The fourth-order valence-electron chi connectivity index (χ4n) is 5.34. The van der Waals surface area contributed by atoms with E-state index in [0.29, 0.717) is 0 Å². The molecule has 0 spiro atoms. The molecule has 0 unspecified atom stereocenters. The van der Waals surface area contributed by atoms with Crippen LogP contribution in [0, 0.1) is 23.6 Å². The molecule has 2 aliphatic rings. The zero-order chi connectivity index (χ0) is 20.1. The second-order valence-electron chi connectivity index (χ2n) is 8.77. The lowest BCUT2D eigenvalue weighted by Gasteiger charge is -2.38. The predicted octanol–water partition coefficient (Wildman–Crippen LogP) is 7.99. The Morgan fingerprint density at radius 1 is 0.929 bits per heavy atom. The molecule has 5 heteroatoms. The third-order valence-electron chi connectivity index (χ3n) is 6.95. The largest absolute Gasteiger partial charge is 0.573 e. The van der Waals surface area contributed by atoms with Gasteiger partial charge in [0.2, 0.25) is 0 Å². The Morgan fingerprint density at radius 2 is 1.54 bits per heavy atom. The highest BCUT2D eigenvalue weighted by Gasteiger charge is 2.33. The molecule has 0 radical (unpaired) electrons. The van der Waals surface area contributed by atoms with Gasteiger partial charge in [-0.2, -0.15) is 0 Å². The highest BCUT2D eigenvalue weighted by Crippen LogP contribution is 2.45. The van der Waals surface area contributed by atoms with Crippen LogP contribution in [0.5, 0.6) is 5.75 Å². The smallest absolute Gasteiger partial charge is 0.403 e. The zero-order valence-corrected chi connectivity index (χ0v) is 16.7. The minimum atomic E-state index is -4.87. The number of hydrogen-bond acceptors (Lipinski definition) is 1. The van der Waals surface area contributed by atoms with Gasteiger partial charge in [0, 0.05) is 0 Å². The van der Waals surface area contributed by atoms with Crippen molar-refractivity contribution in [2.75, 3.05) is 0 Å². The first-order chi connectivity index (χ1) is 13.4. The van der Waals surface area contributed by atoms with Crippen molar-refractivity contribution in [1.82, 2.24) is 0 Å². The van der Waals surface area contributed by atoms with Crippen LogP contribution in [-0.2, 0) is 0 Å². The standard InChI is InChI=1S/C23H32F4O/c1-2-3-4-16-5-7-17(8-6-16)18-9-11-19(12-10-18)20-13-14-22(21(24)15-20)28-23(25,26)27/h13-19H,2-12H2,1H3. The third kappa shape index (κ3) is 5.87. The minimum absolute atomic E-state index is 0.242. The fraction of sp³-hybridized carbons (Fsp3) is 0.739. The van der Waals surface area contributed by atoms with Crippen LogP contribution in [0.1, 0.15) is 89.0 Å². The Kier molecular flexibility index (Phi) is 7.27. The molecule has 2 fully saturated rings. The van der Waals surface area contributed by atoms with Gasteiger partial charge < -0.3 is 4.74 Å². The van der Waals surface area contributed by atoms with Gasteiger partial charge in [0.15, 0.2) is 11.6 Å². The Labute approximate surface area is 165 Å². The van der Waals surface area contributed by atoms with Crippen molar-refractivity contribution >= 4 is 0 Å². The number of halogens is 4. The molecule has 0 amide bonds. The number of hydrogen-bond donors (Lipinski definition) is 0. The molecule has 0 saturated heterocycles. The highest BCUT2D eigenvalue weighted by molar-refractivity contribution is 5.31. The van der Waals surface area contributed by atoms with Gasteiger partial charge in [0.25, 0.3) is 0 Å². The summed E-state index contributed by atoms with van der Waals surface area (Å²) in [5, 5.41) is 0. The maximum atomic E-state index is 14.0. The maximum absolute atomic E-state index is 14.0. The Morgan fingerprint density at radius 3 is 2.07 bits per heavy atom. The van der Waals surface area contributed by atoms with Crippen LogP contribution in [0.25, 0.3) is 0 Å². The van der Waals surface area contributed by atoms with E-state index in [1.165, 1.54) is 51.0 Å². The molecule has 0 atom stereocenters. The first-order valence-corrected chi connectivity index (χ1v) is 10.9. The Balaban J connectivity index is 1.48. The third-order valence-corrected chi connectivity index (χ3v) is 6.95. The second kappa shape index (κ2) is 9.49. The Bertz CT molecular complexity index is 612. The average molecular weight is 401 g/mol. The molecule has 158 valence electrons. The van der Waals surface area contributed by atoms with Gasteiger partial charge in [-0.05, 0) is 79.9 Å². The van der Waals surface area contributed by atoms with E-state index in [1.807, 2.05) is 0 Å². The van der Waals surface area contributed by atoms with E-state index in [-0.39, 0.29) is 5.92 Å². The average Bonchev–Trinajstić information content (AvgIpc) is 2.67. The van der Waals surface area contributed by atoms with Gasteiger partial charge in [-0.1, -0.05) is 45.1 Å². The number of unbranched alkanes of at least 4 members (excludes halogenated alkanes) is 1. The van der Waals surface area contributed by atoms with Crippen molar-refractivity contribution in [2.24, 2.45) is 17.8 Å². The van der Waals surface area contributed by atoms with E-state index in [0.717, 1.165) is 55.1 Å². The lowest BCUT2D eigenvalue weighted by atomic mass is 9.68. The summed E-state index contributed by atoms with van der Waals surface area (Å²) in [6.07, 6.45) is 8.90. The summed E-state index contributed by atoms with van der Waals surface area (Å²) in [4.78, 5) is 0. The molecule has 0 aliphatic heterocycles. The molecule has 0 N–H and O–H groups in total.